The highest BCUT2D eigenvalue weighted by atomic mass is 35.5. The summed E-state index contributed by atoms with van der Waals surface area (Å²) in [7, 11) is 0. The van der Waals surface area contributed by atoms with Gasteiger partial charge in [-0.1, -0.05) is 62.1 Å². The van der Waals surface area contributed by atoms with E-state index in [1.165, 1.54) is 35.5 Å². The van der Waals surface area contributed by atoms with Crippen LogP contribution in [0.25, 0.3) is 0 Å². The first-order valence-electron chi connectivity index (χ1n) is 13.1. The zero-order valence-electron chi connectivity index (χ0n) is 21.7. The lowest BCUT2D eigenvalue weighted by Crippen LogP contribution is -2.50. The number of amides is 3. The standard InChI is InChI=1S/C29H31ClFN5O3/c1-2-25(37)35(29-32-16-9-17-33-29)19-26(38)36(22-13-8-10-20(31)18-22)27(23-14-6-7-15-24(23)30)28(39)34-21-11-4-3-5-12-21/h6-10,13-18,21,27H,2-5,11-12,19H2,1H3,(H,34,39). The summed E-state index contributed by atoms with van der Waals surface area (Å²) in [4.78, 5) is 51.6. The highest BCUT2D eigenvalue weighted by Crippen LogP contribution is 2.33. The molecule has 1 aliphatic carbocycles. The summed E-state index contributed by atoms with van der Waals surface area (Å²) in [5, 5.41) is 3.37. The zero-order valence-corrected chi connectivity index (χ0v) is 22.5. The fourth-order valence-electron chi connectivity index (χ4n) is 4.79. The Morgan fingerprint density at radius 1 is 1.00 bits per heavy atom. The summed E-state index contributed by atoms with van der Waals surface area (Å²) >= 11 is 6.57. The minimum Gasteiger partial charge on any atom is -0.351 e. The maximum absolute atomic E-state index is 14.5. The van der Waals surface area contributed by atoms with Crippen LogP contribution < -0.4 is 15.1 Å². The second kappa shape index (κ2) is 13.3. The predicted octanol–water partition coefficient (Wildman–Crippen LogP) is 5.24. The van der Waals surface area contributed by atoms with Gasteiger partial charge < -0.3 is 5.32 Å². The highest BCUT2D eigenvalue weighted by Gasteiger charge is 2.37. The Morgan fingerprint density at radius 3 is 2.38 bits per heavy atom. The number of anilines is 2. The molecular formula is C29H31ClFN5O3. The van der Waals surface area contributed by atoms with Crippen molar-refractivity contribution in [1.82, 2.24) is 15.3 Å². The molecular weight excluding hydrogens is 521 g/mol. The molecule has 1 fully saturated rings. The normalized spacial score (nSPS) is 14.3. The molecule has 1 unspecified atom stereocenters. The number of benzene rings is 2. The average Bonchev–Trinajstić information content (AvgIpc) is 2.95. The van der Waals surface area contributed by atoms with Gasteiger partial charge in [-0.2, -0.15) is 0 Å². The van der Waals surface area contributed by atoms with E-state index in [1.807, 2.05) is 0 Å². The first-order valence-corrected chi connectivity index (χ1v) is 13.5. The van der Waals surface area contributed by atoms with Gasteiger partial charge in [0.1, 0.15) is 18.4 Å². The smallest absolute Gasteiger partial charge is 0.248 e. The van der Waals surface area contributed by atoms with Crippen LogP contribution in [0.15, 0.2) is 67.0 Å². The number of aromatic nitrogens is 2. The SMILES string of the molecule is CCC(=O)N(CC(=O)N(c1cccc(F)c1)C(C(=O)NC1CCCCC1)c1ccccc1Cl)c1ncccn1. The van der Waals surface area contributed by atoms with Gasteiger partial charge in [0, 0.05) is 41.1 Å². The van der Waals surface area contributed by atoms with Crippen molar-refractivity contribution in [1.29, 1.82) is 0 Å². The van der Waals surface area contributed by atoms with Gasteiger partial charge in [-0.25, -0.2) is 14.4 Å². The molecule has 1 N–H and O–H groups in total. The van der Waals surface area contributed by atoms with Crippen LogP contribution in [0.1, 0.15) is 57.1 Å². The summed E-state index contributed by atoms with van der Waals surface area (Å²) in [6.45, 7) is 1.20. The lowest BCUT2D eigenvalue weighted by Gasteiger charge is -2.35. The quantitative estimate of drug-likeness (QED) is 0.392. The van der Waals surface area contributed by atoms with Gasteiger partial charge in [-0.3, -0.25) is 24.2 Å². The summed E-state index contributed by atoms with van der Waals surface area (Å²) in [5.41, 5.74) is 0.538. The van der Waals surface area contributed by atoms with Crippen LogP contribution in [0.4, 0.5) is 16.0 Å². The van der Waals surface area contributed by atoms with Crippen molar-refractivity contribution in [2.45, 2.75) is 57.5 Å². The Morgan fingerprint density at radius 2 is 1.72 bits per heavy atom. The molecule has 1 aromatic heterocycles. The Bertz CT molecular complexity index is 1300. The third-order valence-corrected chi connectivity index (χ3v) is 7.05. The fourth-order valence-corrected chi connectivity index (χ4v) is 5.03. The van der Waals surface area contributed by atoms with E-state index in [1.54, 1.807) is 43.3 Å². The molecule has 0 aliphatic heterocycles. The van der Waals surface area contributed by atoms with Crippen LogP contribution in [-0.4, -0.2) is 40.3 Å². The monoisotopic (exact) mass is 551 g/mol. The lowest BCUT2D eigenvalue weighted by atomic mass is 9.94. The van der Waals surface area contributed by atoms with Crippen LogP contribution in [0.5, 0.6) is 0 Å². The molecule has 8 nitrogen and oxygen atoms in total. The van der Waals surface area contributed by atoms with Crippen molar-refractivity contribution in [2.75, 3.05) is 16.3 Å². The summed E-state index contributed by atoms with van der Waals surface area (Å²) in [6, 6.07) is 12.5. The van der Waals surface area contributed by atoms with Gasteiger partial charge in [0.15, 0.2) is 0 Å². The Labute approximate surface area is 232 Å². The molecule has 2 aromatic carbocycles. The van der Waals surface area contributed by atoms with Crippen molar-refractivity contribution in [2.24, 2.45) is 0 Å². The maximum atomic E-state index is 14.5. The van der Waals surface area contributed by atoms with E-state index in [2.05, 4.69) is 15.3 Å². The van der Waals surface area contributed by atoms with Crippen LogP contribution in [0.3, 0.4) is 0 Å². The molecule has 0 bridgehead atoms. The first kappa shape index (κ1) is 28.2. The molecule has 1 aliphatic rings. The van der Waals surface area contributed by atoms with Crippen molar-refractivity contribution < 1.29 is 18.8 Å². The summed E-state index contributed by atoms with van der Waals surface area (Å²) in [6.07, 6.45) is 7.81. The molecule has 3 amide bonds. The number of hydrogen-bond donors (Lipinski definition) is 1. The molecule has 204 valence electrons. The topological polar surface area (TPSA) is 95.5 Å². The third kappa shape index (κ3) is 6.97. The predicted molar refractivity (Wildman–Crippen MR) is 148 cm³/mol. The molecule has 0 radical (unpaired) electrons. The van der Waals surface area contributed by atoms with Gasteiger partial charge in [0.05, 0.1) is 0 Å². The largest absolute Gasteiger partial charge is 0.351 e. The molecule has 1 saturated carbocycles. The molecule has 3 aromatic rings. The van der Waals surface area contributed by atoms with E-state index < -0.39 is 30.2 Å². The molecule has 1 atom stereocenters. The van der Waals surface area contributed by atoms with Crippen LogP contribution in [0.2, 0.25) is 5.02 Å². The first-order chi connectivity index (χ1) is 18.9. The fraction of sp³-hybridized carbons (Fsp3) is 0.345. The minimum absolute atomic E-state index is 0.0448. The molecule has 39 heavy (non-hydrogen) atoms. The molecule has 0 saturated heterocycles. The Balaban J connectivity index is 1.79. The number of rotatable bonds is 9. The number of halogens is 2. The van der Waals surface area contributed by atoms with Crippen LogP contribution in [0, 0.1) is 5.82 Å². The Kier molecular flexibility index (Phi) is 9.59. The van der Waals surface area contributed by atoms with E-state index >= 15 is 0 Å². The van der Waals surface area contributed by atoms with E-state index in [0.29, 0.717) is 5.56 Å². The molecule has 10 heteroatoms. The van der Waals surface area contributed by atoms with Gasteiger partial charge in [0.2, 0.25) is 23.7 Å². The Hall–Kier alpha value is -3.85. The summed E-state index contributed by atoms with van der Waals surface area (Å²) < 4.78 is 14.5. The van der Waals surface area contributed by atoms with Crippen molar-refractivity contribution in [3.05, 3.63) is 83.4 Å². The molecule has 1 heterocycles. The van der Waals surface area contributed by atoms with Gasteiger partial charge >= 0.3 is 0 Å². The van der Waals surface area contributed by atoms with Gasteiger partial charge in [-0.15, -0.1) is 0 Å². The molecule has 4 rings (SSSR count). The molecule has 0 spiro atoms. The van der Waals surface area contributed by atoms with E-state index in [9.17, 15) is 18.8 Å². The van der Waals surface area contributed by atoms with Gasteiger partial charge in [-0.05, 0) is 43.2 Å². The van der Waals surface area contributed by atoms with Crippen molar-refractivity contribution >= 4 is 41.0 Å². The number of carbonyl (C=O) groups excluding carboxylic acids is 3. The number of nitrogens with zero attached hydrogens (tertiary/aromatic N) is 4. The lowest BCUT2D eigenvalue weighted by molar-refractivity contribution is -0.127. The second-order valence-electron chi connectivity index (χ2n) is 9.39. The average molecular weight is 552 g/mol. The second-order valence-corrected chi connectivity index (χ2v) is 9.80. The zero-order chi connectivity index (χ0) is 27.8. The van der Waals surface area contributed by atoms with Crippen molar-refractivity contribution in [3.63, 3.8) is 0 Å². The van der Waals surface area contributed by atoms with E-state index in [-0.39, 0.29) is 35.0 Å². The van der Waals surface area contributed by atoms with Crippen LogP contribution in [-0.2, 0) is 14.4 Å². The maximum Gasteiger partial charge on any atom is 0.248 e. The number of hydrogen-bond acceptors (Lipinski definition) is 5. The van der Waals surface area contributed by atoms with Gasteiger partial charge in [0.25, 0.3) is 0 Å². The number of nitrogens with one attached hydrogen (secondary N) is 1. The van der Waals surface area contributed by atoms with Crippen molar-refractivity contribution in [3.8, 4) is 0 Å². The van der Waals surface area contributed by atoms with Crippen LogP contribution >= 0.6 is 11.6 Å². The minimum atomic E-state index is -1.22. The third-order valence-electron chi connectivity index (χ3n) is 6.70. The number of carbonyl (C=O) groups is 3. The highest BCUT2D eigenvalue weighted by molar-refractivity contribution is 6.31. The van der Waals surface area contributed by atoms with E-state index in [4.69, 9.17) is 11.6 Å². The summed E-state index contributed by atoms with van der Waals surface area (Å²) in [5.74, 6) is -1.97. The van der Waals surface area contributed by atoms with E-state index in [0.717, 1.165) is 37.0 Å².